The first kappa shape index (κ1) is 19.0. The summed E-state index contributed by atoms with van der Waals surface area (Å²) in [5, 5.41) is 2.69. The highest BCUT2D eigenvalue weighted by molar-refractivity contribution is 6.09. The zero-order chi connectivity index (χ0) is 22.3. The fraction of sp³-hybridized carbons (Fsp3) is 0.226. The predicted octanol–water partition coefficient (Wildman–Crippen LogP) is 7.36. The van der Waals surface area contributed by atoms with Crippen LogP contribution in [0.2, 0.25) is 0 Å². The van der Waals surface area contributed by atoms with Crippen molar-refractivity contribution in [2.75, 3.05) is 11.4 Å². The van der Waals surface area contributed by atoms with E-state index in [0.29, 0.717) is 12.0 Å². The van der Waals surface area contributed by atoms with E-state index >= 15 is 0 Å². The van der Waals surface area contributed by atoms with Crippen molar-refractivity contribution in [3.05, 3.63) is 108 Å². The first-order valence-corrected chi connectivity index (χ1v) is 12.0. The number of aromatic nitrogens is 1. The number of para-hydroxylation sites is 3. The van der Waals surface area contributed by atoms with Crippen LogP contribution >= 0.6 is 0 Å². The molecule has 0 aliphatic carbocycles. The number of aryl methyl sites for hydroxylation is 1. The van der Waals surface area contributed by atoms with Gasteiger partial charge in [0.05, 0.1) is 11.0 Å². The van der Waals surface area contributed by atoms with Crippen molar-refractivity contribution < 1.29 is 0 Å². The maximum atomic E-state index is 2.64. The second-order valence-corrected chi connectivity index (χ2v) is 10.2. The normalized spacial score (nSPS) is 23.5. The Balaban J connectivity index is 1.49. The Hall–Kier alpha value is -3.52. The van der Waals surface area contributed by atoms with Crippen LogP contribution in [-0.4, -0.2) is 17.2 Å². The van der Waals surface area contributed by atoms with E-state index in [1.807, 2.05) is 0 Å². The van der Waals surface area contributed by atoms with E-state index < -0.39 is 0 Å². The van der Waals surface area contributed by atoms with Crippen LogP contribution in [-0.2, 0) is 5.41 Å². The number of nitrogens with zero attached hydrogens (tertiary/aromatic N) is 2. The van der Waals surface area contributed by atoms with Crippen molar-refractivity contribution in [3.8, 4) is 5.69 Å². The van der Waals surface area contributed by atoms with Gasteiger partial charge in [0.2, 0.25) is 0 Å². The highest BCUT2D eigenvalue weighted by Crippen LogP contribution is 2.58. The number of hydrogen-bond donors (Lipinski definition) is 0. The molecule has 4 aromatic carbocycles. The molecule has 5 aromatic rings. The Morgan fingerprint density at radius 3 is 2.36 bits per heavy atom. The summed E-state index contributed by atoms with van der Waals surface area (Å²) in [5.41, 5.74) is 9.78. The van der Waals surface area contributed by atoms with Crippen LogP contribution in [0.3, 0.4) is 0 Å². The van der Waals surface area contributed by atoms with Crippen LogP contribution in [0.1, 0.15) is 36.5 Å². The monoisotopic (exact) mass is 428 g/mol. The molecule has 3 heterocycles. The van der Waals surface area contributed by atoms with Crippen LogP contribution in [0, 0.1) is 6.92 Å². The molecule has 2 nitrogen and oxygen atoms in total. The molecular weight excluding hydrogens is 400 g/mol. The molecule has 2 unspecified atom stereocenters. The van der Waals surface area contributed by atoms with E-state index in [4.69, 9.17) is 0 Å². The van der Waals surface area contributed by atoms with E-state index in [0.717, 1.165) is 6.54 Å². The molecule has 33 heavy (non-hydrogen) atoms. The maximum absolute atomic E-state index is 2.64. The molecule has 2 aliphatic rings. The Bertz CT molecular complexity index is 1540. The summed E-state index contributed by atoms with van der Waals surface area (Å²) < 4.78 is 2.42. The number of anilines is 1. The fourth-order valence-corrected chi connectivity index (χ4v) is 7.00. The Labute approximate surface area is 195 Å². The molecule has 0 spiro atoms. The van der Waals surface area contributed by atoms with Crippen molar-refractivity contribution in [2.24, 2.45) is 0 Å². The first-order chi connectivity index (χ1) is 16.1. The van der Waals surface area contributed by atoms with E-state index in [1.54, 1.807) is 0 Å². The van der Waals surface area contributed by atoms with Crippen LogP contribution in [0.4, 0.5) is 5.69 Å². The van der Waals surface area contributed by atoms with E-state index in [-0.39, 0.29) is 5.41 Å². The summed E-state index contributed by atoms with van der Waals surface area (Å²) in [6.45, 7) is 8.33. The van der Waals surface area contributed by atoms with E-state index in [1.165, 1.54) is 49.9 Å². The lowest BCUT2D eigenvalue weighted by atomic mass is 9.67. The molecule has 0 radical (unpaired) electrons. The van der Waals surface area contributed by atoms with Crippen molar-refractivity contribution in [2.45, 2.75) is 38.1 Å². The minimum Gasteiger partial charge on any atom is -0.367 e. The third kappa shape index (κ3) is 2.39. The molecule has 0 saturated carbocycles. The van der Waals surface area contributed by atoms with Gasteiger partial charge in [-0.15, -0.1) is 0 Å². The summed E-state index contributed by atoms with van der Waals surface area (Å²) in [7, 11) is 0. The maximum Gasteiger partial charge on any atom is 0.0543 e. The Kier molecular flexibility index (Phi) is 3.75. The van der Waals surface area contributed by atoms with Gasteiger partial charge in [0, 0.05) is 46.1 Å². The minimum atomic E-state index is 0.145. The summed E-state index contributed by atoms with van der Waals surface area (Å²) in [6.07, 6.45) is 0. The zero-order valence-corrected chi connectivity index (χ0v) is 19.4. The minimum absolute atomic E-state index is 0.145. The van der Waals surface area contributed by atoms with Crippen LogP contribution < -0.4 is 4.90 Å². The van der Waals surface area contributed by atoms with Gasteiger partial charge >= 0.3 is 0 Å². The lowest BCUT2D eigenvalue weighted by molar-refractivity contribution is 0.435. The molecule has 0 N–H and O–H groups in total. The first-order valence-electron chi connectivity index (χ1n) is 12.0. The summed E-state index contributed by atoms with van der Waals surface area (Å²) >= 11 is 0. The smallest absolute Gasteiger partial charge is 0.0543 e. The van der Waals surface area contributed by atoms with Gasteiger partial charge in [-0.2, -0.15) is 0 Å². The quantitative estimate of drug-likeness (QED) is 0.285. The third-order valence-corrected chi connectivity index (χ3v) is 8.40. The molecule has 1 fully saturated rings. The van der Waals surface area contributed by atoms with Gasteiger partial charge in [-0.05, 0) is 66.9 Å². The van der Waals surface area contributed by atoms with Crippen molar-refractivity contribution in [3.63, 3.8) is 0 Å². The number of rotatable bonds is 2. The van der Waals surface area contributed by atoms with Gasteiger partial charge in [-0.1, -0.05) is 61.5 Å². The van der Waals surface area contributed by atoms with Gasteiger partial charge in [-0.3, -0.25) is 0 Å². The molecular formula is C31H28N2. The standard InChI is InChI=1S/C31H28N2/c1-20-17-29-25(23-13-7-9-15-27(23)33(29)22-11-5-4-6-12-22)18-24(20)30-21(2)32-19-31(30,3)26-14-8-10-16-28(26)32/h4-18,21,30H,19H2,1-3H3/t21-,30?,31?/m1/s1. The SMILES string of the molecule is Cc1cc2c(cc1C1[C@@H](C)N3CC1(C)c1ccccc13)c1ccccc1n2-c1ccccc1. The molecule has 2 bridgehead atoms. The molecule has 0 amide bonds. The largest absolute Gasteiger partial charge is 0.367 e. The Morgan fingerprint density at radius 2 is 1.52 bits per heavy atom. The molecule has 2 aliphatic heterocycles. The van der Waals surface area contributed by atoms with E-state index in [2.05, 4.69) is 121 Å². The highest BCUT2D eigenvalue weighted by atomic mass is 15.2. The van der Waals surface area contributed by atoms with E-state index in [9.17, 15) is 0 Å². The van der Waals surface area contributed by atoms with Crippen molar-refractivity contribution in [1.29, 1.82) is 0 Å². The molecule has 162 valence electrons. The van der Waals surface area contributed by atoms with Gasteiger partial charge < -0.3 is 9.47 Å². The van der Waals surface area contributed by atoms with Gasteiger partial charge in [-0.25, -0.2) is 0 Å². The number of fused-ring (bicyclic) bond motifs is 8. The van der Waals surface area contributed by atoms with Gasteiger partial charge in [0.15, 0.2) is 0 Å². The number of benzene rings is 4. The molecule has 1 saturated heterocycles. The van der Waals surface area contributed by atoms with Gasteiger partial charge in [0.25, 0.3) is 0 Å². The topological polar surface area (TPSA) is 8.17 Å². The molecule has 3 atom stereocenters. The average molecular weight is 429 g/mol. The zero-order valence-electron chi connectivity index (χ0n) is 19.4. The fourth-order valence-electron chi connectivity index (χ4n) is 7.00. The highest BCUT2D eigenvalue weighted by Gasteiger charge is 2.55. The average Bonchev–Trinajstić information content (AvgIpc) is 3.42. The second-order valence-electron chi connectivity index (χ2n) is 10.2. The summed E-state index contributed by atoms with van der Waals surface area (Å²) in [4.78, 5) is 2.64. The van der Waals surface area contributed by atoms with Crippen molar-refractivity contribution in [1.82, 2.24) is 4.57 Å². The predicted molar refractivity (Wildman–Crippen MR) is 139 cm³/mol. The van der Waals surface area contributed by atoms with Gasteiger partial charge in [0.1, 0.15) is 0 Å². The van der Waals surface area contributed by atoms with Crippen LogP contribution in [0.15, 0.2) is 91.0 Å². The van der Waals surface area contributed by atoms with Crippen LogP contribution in [0.25, 0.3) is 27.5 Å². The molecule has 2 heteroatoms. The summed E-state index contributed by atoms with van der Waals surface area (Å²) in [6, 6.07) is 34.1. The van der Waals surface area contributed by atoms with Crippen molar-refractivity contribution >= 4 is 27.5 Å². The molecule has 7 rings (SSSR count). The number of hydrogen-bond acceptors (Lipinski definition) is 1. The lowest BCUT2D eigenvalue weighted by Crippen LogP contribution is -2.35. The van der Waals surface area contributed by atoms with Crippen LogP contribution in [0.5, 0.6) is 0 Å². The summed E-state index contributed by atoms with van der Waals surface area (Å²) in [5.74, 6) is 0.482. The molecule has 1 aromatic heterocycles. The Morgan fingerprint density at radius 1 is 0.788 bits per heavy atom. The second kappa shape index (κ2) is 6.51. The third-order valence-electron chi connectivity index (χ3n) is 8.40. The lowest BCUT2D eigenvalue weighted by Gasteiger charge is -2.38.